The molecule has 1 unspecified atom stereocenters. The third kappa shape index (κ3) is 4.03. The molecular formula is C23H23NO6S. The van der Waals surface area contributed by atoms with Crippen molar-refractivity contribution in [1.29, 1.82) is 0 Å². The van der Waals surface area contributed by atoms with Gasteiger partial charge < -0.3 is 19.7 Å². The number of phenols is 1. The highest BCUT2D eigenvalue weighted by Gasteiger charge is 2.32. The smallest absolute Gasteiger partial charge is 0.307 e. The van der Waals surface area contributed by atoms with Crippen LogP contribution in [0.2, 0.25) is 0 Å². The van der Waals surface area contributed by atoms with Gasteiger partial charge in [-0.3, -0.25) is 14.6 Å². The molecule has 162 valence electrons. The highest BCUT2D eigenvalue weighted by molar-refractivity contribution is 7.09. The number of ketones is 1. The van der Waals surface area contributed by atoms with Crippen molar-refractivity contribution in [2.24, 2.45) is 0 Å². The van der Waals surface area contributed by atoms with Crippen LogP contribution in [-0.2, 0) is 6.42 Å². The van der Waals surface area contributed by atoms with E-state index in [1.807, 2.05) is 19.1 Å². The molecule has 0 spiro atoms. The highest BCUT2D eigenvalue weighted by Crippen LogP contribution is 2.40. The number of ether oxygens (including phenoxy) is 2. The first-order chi connectivity index (χ1) is 14.7. The van der Waals surface area contributed by atoms with Gasteiger partial charge in [-0.15, -0.1) is 0 Å². The van der Waals surface area contributed by atoms with E-state index in [-0.39, 0.29) is 35.3 Å². The second-order valence-electron chi connectivity index (χ2n) is 7.71. The predicted molar refractivity (Wildman–Crippen MR) is 117 cm³/mol. The Kier molecular flexibility index (Phi) is 5.49. The molecule has 0 saturated heterocycles. The molecule has 2 aromatic carbocycles. The van der Waals surface area contributed by atoms with Gasteiger partial charge in [0.1, 0.15) is 30.0 Å². The number of benzene rings is 2. The van der Waals surface area contributed by atoms with Gasteiger partial charge in [-0.2, -0.15) is 0 Å². The lowest BCUT2D eigenvalue weighted by atomic mass is 9.91. The van der Waals surface area contributed by atoms with Crippen LogP contribution in [0.5, 0.6) is 23.1 Å². The zero-order valence-corrected chi connectivity index (χ0v) is 18.3. The number of fused-ring (bicyclic) bond motifs is 1. The van der Waals surface area contributed by atoms with Crippen LogP contribution < -0.4 is 14.3 Å². The topological polar surface area (TPSA) is 109 Å². The summed E-state index contributed by atoms with van der Waals surface area (Å²) in [5.41, 5.74) is 3.40. The summed E-state index contributed by atoms with van der Waals surface area (Å²) in [4.78, 5) is 26.7. The maximum absolute atomic E-state index is 12.7. The van der Waals surface area contributed by atoms with Crippen LogP contribution in [0.3, 0.4) is 0 Å². The van der Waals surface area contributed by atoms with Crippen molar-refractivity contribution >= 4 is 17.1 Å². The van der Waals surface area contributed by atoms with Crippen molar-refractivity contribution in [3.05, 3.63) is 66.6 Å². The molecule has 2 heterocycles. The Morgan fingerprint density at radius 2 is 1.81 bits per heavy atom. The van der Waals surface area contributed by atoms with Crippen molar-refractivity contribution in [1.82, 2.24) is 4.98 Å². The summed E-state index contributed by atoms with van der Waals surface area (Å²) >= 11 is 0.984. The molecule has 1 aromatic heterocycles. The van der Waals surface area contributed by atoms with Crippen molar-refractivity contribution in [2.45, 2.75) is 39.7 Å². The number of carbonyl (C=O) groups is 1. The molecule has 3 aromatic rings. The Morgan fingerprint density at radius 1 is 1.10 bits per heavy atom. The fourth-order valence-electron chi connectivity index (χ4n) is 3.75. The number of aromatic hydroxyl groups is 2. The minimum atomic E-state index is -0.421. The van der Waals surface area contributed by atoms with Crippen molar-refractivity contribution in [3.63, 3.8) is 0 Å². The molecule has 7 nitrogen and oxygen atoms in total. The van der Waals surface area contributed by atoms with Crippen LogP contribution in [-0.4, -0.2) is 33.7 Å². The zero-order chi connectivity index (χ0) is 22.3. The number of thiazole rings is 1. The molecule has 4 rings (SSSR count). The molecule has 0 fully saturated rings. The Labute approximate surface area is 182 Å². The number of Topliss-reactive ketones (excluding diaryl/α,β-unsaturated/α-hetero) is 1. The minimum Gasteiger partial charge on any atom is -0.507 e. The summed E-state index contributed by atoms with van der Waals surface area (Å²) < 4.78 is 11.9. The lowest BCUT2D eigenvalue weighted by Gasteiger charge is -2.29. The van der Waals surface area contributed by atoms with Crippen molar-refractivity contribution in [3.8, 4) is 23.1 Å². The monoisotopic (exact) mass is 441 g/mol. The van der Waals surface area contributed by atoms with Crippen molar-refractivity contribution < 1.29 is 24.5 Å². The molecule has 8 heteroatoms. The van der Waals surface area contributed by atoms with E-state index in [1.54, 1.807) is 26.0 Å². The molecular weight excluding hydrogens is 418 g/mol. The maximum atomic E-state index is 12.7. The number of aromatic amines is 1. The second-order valence-corrected chi connectivity index (χ2v) is 8.78. The molecule has 0 amide bonds. The quantitative estimate of drug-likeness (QED) is 0.556. The van der Waals surface area contributed by atoms with E-state index in [1.165, 1.54) is 0 Å². The Morgan fingerprint density at radius 3 is 2.45 bits per heavy atom. The van der Waals surface area contributed by atoms with E-state index in [0.717, 1.165) is 22.5 Å². The summed E-state index contributed by atoms with van der Waals surface area (Å²) in [5.74, 6) is 1.14. The molecule has 1 atom stereocenters. The van der Waals surface area contributed by atoms with Gasteiger partial charge in [0.25, 0.3) is 0 Å². The van der Waals surface area contributed by atoms with Crippen LogP contribution >= 0.6 is 11.3 Å². The standard InChI is InChI=1S/C23H23NO6S/c1-11-12(2)21-19(13(3)20(11)26)17(25)9-16(30-21)10-29-15-6-4-14(5-7-15)8-18-22(27)24-23(28)31-18/h4-7,16,26-27H,8-10H2,1-3H3,(H,24,28). The van der Waals surface area contributed by atoms with E-state index < -0.39 is 6.10 Å². The predicted octanol–water partition coefficient (Wildman–Crippen LogP) is 3.78. The van der Waals surface area contributed by atoms with E-state index in [0.29, 0.717) is 39.5 Å². The Bertz CT molecular complexity index is 1210. The lowest BCUT2D eigenvalue weighted by Crippen LogP contribution is -2.33. The number of rotatable bonds is 5. The first-order valence-corrected chi connectivity index (χ1v) is 10.7. The highest BCUT2D eigenvalue weighted by atomic mass is 32.1. The third-order valence-electron chi connectivity index (χ3n) is 5.62. The van der Waals surface area contributed by atoms with Crippen LogP contribution in [0.15, 0.2) is 29.1 Å². The molecule has 0 bridgehead atoms. The summed E-state index contributed by atoms with van der Waals surface area (Å²) in [6, 6.07) is 7.33. The first-order valence-electron chi connectivity index (χ1n) is 9.89. The molecule has 0 saturated carbocycles. The van der Waals surface area contributed by atoms with Crippen LogP contribution in [0, 0.1) is 20.8 Å². The number of aromatic nitrogens is 1. The number of hydrogen-bond donors (Lipinski definition) is 3. The number of carbonyl (C=O) groups excluding carboxylic acids is 1. The fourth-order valence-corrected chi connectivity index (χ4v) is 4.51. The van der Waals surface area contributed by atoms with Crippen LogP contribution in [0.1, 0.15) is 43.9 Å². The number of nitrogens with one attached hydrogen (secondary N) is 1. The van der Waals surface area contributed by atoms with Crippen LogP contribution in [0.4, 0.5) is 0 Å². The molecule has 1 aliphatic heterocycles. The van der Waals surface area contributed by atoms with Gasteiger partial charge in [-0.25, -0.2) is 0 Å². The largest absolute Gasteiger partial charge is 0.507 e. The van der Waals surface area contributed by atoms with E-state index in [9.17, 15) is 19.8 Å². The normalized spacial score (nSPS) is 15.5. The van der Waals surface area contributed by atoms with Gasteiger partial charge in [-0.1, -0.05) is 23.5 Å². The number of hydrogen-bond acceptors (Lipinski definition) is 7. The van der Waals surface area contributed by atoms with E-state index in [4.69, 9.17) is 9.47 Å². The SMILES string of the molecule is Cc1c(C)c2c(c(C)c1O)C(=O)CC(COc1ccc(Cc3sc(=O)[nH]c3O)cc1)O2. The van der Waals surface area contributed by atoms with Gasteiger partial charge in [-0.05, 0) is 49.6 Å². The first kappa shape index (κ1) is 21.0. The third-order valence-corrected chi connectivity index (χ3v) is 6.49. The van der Waals surface area contributed by atoms with E-state index in [2.05, 4.69) is 4.98 Å². The van der Waals surface area contributed by atoms with Gasteiger partial charge >= 0.3 is 4.87 Å². The average Bonchev–Trinajstić information content (AvgIpc) is 3.06. The lowest BCUT2D eigenvalue weighted by molar-refractivity contribution is 0.0738. The molecule has 3 N–H and O–H groups in total. The summed E-state index contributed by atoms with van der Waals surface area (Å²) in [7, 11) is 0. The molecule has 0 aliphatic carbocycles. The van der Waals surface area contributed by atoms with Gasteiger partial charge in [0.05, 0.1) is 16.9 Å². The molecule has 31 heavy (non-hydrogen) atoms. The fraction of sp³-hybridized carbons (Fsp3) is 0.304. The van der Waals surface area contributed by atoms with E-state index >= 15 is 0 Å². The average molecular weight is 442 g/mol. The molecule has 0 radical (unpaired) electrons. The summed E-state index contributed by atoms with van der Waals surface area (Å²) in [5, 5.41) is 20.0. The van der Waals surface area contributed by atoms with Gasteiger partial charge in [0.15, 0.2) is 5.78 Å². The van der Waals surface area contributed by atoms with Gasteiger partial charge in [0, 0.05) is 12.0 Å². The molecule has 1 aliphatic rings. The second kappa shape index (κ2) is 8.11. The summed E-state index contributed by atoms with van der Waals surface area (Å²) in [6.07, 6.45) is 0.201. The zero-order valence-electron chi connectivity index (χ0n) is 17.4. The Balaban J connectivity index is 1.43. The van der Waals surface area contributed by atoms with Gasteiger partial charge in [0.2, 0.25) is 5.88 Å². The maximum Gasteiger partial charge on any atom is 0.307 e. The van der Waals surface area contributed by atoms with Crippen LogP contribution in [0.25, 0.3) is 0 Å². The summed E-state index contributed by atoms with van der Waals surface area (Å²) in [6.45, 7) is 5.58. The Hall–Kier alpha value is -3.26. The number of H-pyrrole nitrogens is 1. The minimum absolute atomic E-state index is 0.0635. The van der Waals surface area contributed by atoms with Crippen molar-refractivity contribution in [2.75, 3.05) is 6.61 Å². The number of phenolic OH excluding ortho intramolecular Hbond substituents is 1.